The molecule has 0 bridgehead atoms. The number of hydrogen-bond donors (Lipinski definition) is 2. The molecule has 2 N–H and O–H groups in total. The number of anilines is 1. The summed E-state index contributed by atoms with van der Waals surface area (Å²) in [5.74, 6) is -0.651. The molecule has 12 heteroatoms. The molecule has 336 valence electrons. The summed E-state index contributed by atoms with van der Waals surface area (Å²) in [6.45, 7) is 11.0. The normalized spacial score (nSPS) is 18.9. The average molecular weight is 902 g/mol. The first-order chi connectivity index (χ1) is 30.6. The van der Waals surface area contributed by atoms with Gasteiger partial charge in [-0.15, -0.1) is 0 Å². The van der Waals surface area contributed by atoms with E-state index in [9.17, 15) is 27.4 Å². The van der Waals surface area contributed by atoms with E-state index in [1.165, 1.54) is 60.7 Å². The van der Waals surface area contributed by atoms with Crippen molar-refractivity contribution in [1.29, 1.82) is 0 Å². The lowest BCUT2D eigenvalue weighted by Gasteiger charge is -2.27. The van der Waals surface area contributed by atoms with Gasteiger partial charge in [0.15, 0.2) is 5.71 Å². The Kier molecular flexibility index (Phi) is 14.5. The molecule has 3 aliphatic heterocycles. The number of thioether (sulfide) groups is 1. The van der Waals surface area contributed by atoms with Gasteiger partial charge >= 0.3 is 0 Å². The molecule has 1 saturated heterocycles. The van der Waals surface area contributed by atoms with E-state index in [-0.39, 0.29) is 59.1 Å². The molecule has 10 nitrogen and oxygen atoms in total. The first-order valence-corrected chi connectivity index (χ1v) is 25.3. The molecule has 1 fully saturated rings. The summed E-state index contributed by atoms with van der Waals surface area (Å²) in [4.78, 5) is 40.9. The molecule has 1 atom stereocenters. The van der Waals surface area contributed by atoms with Crippen LogP contribution in [0, 0.1) is 0 Å². The molecular formula is C52H61N4O6S2+. The van der Waals surface area contributed by atoms with E-state index in [1.807, 2.05) is 18.4 Å². The van der Waals surface area contributed by atoms with Gasteiger partial charge in [-0.3, -0.25) is 23.8 Å². The summed E-state index contributed by atoms with van der Waals surface area (Å²) in [6, 6.07) is 25.7. The van der Waals surface area contributed by atoms with Gasteiger partial charge in [0, 0.05) is 73.4 Å². The summed E-state index contributed by atoms with van der Waals surface area (Å²) >= 11 is 1.39. The zero-order chi connectivity index (χ0) is 45.6. The van der Waals surface area contributed by atoms with E-state index < -0.39 is 10.1 Å². The first-order valence-electron chi connectivity index (χ1n) is 22.4. The fraction of sp³-hybridized carbons (Fsp3) is 0.385. The number of rotatable bonds is 19. The van der Waals surface area contributed by atoms with Gasteiger partial charge in [0.1, 0.15) is 6.54 Å². The molecule has 3 amide bonds. The molecule has 0 saturated carbocycles. The Morgan fingerprint density at radius 1 is 0.797 bits per heavy atom. The number of likely N-dealkylation sites (tertiary alicyclic amines) is 1. The van der Waals surface area contributed by atoms with Gasteiger partial charge in [-0.2, -0.15) is 24.8 Å². The summed E-state index contributed by atoms with van der Waals surface area (Å²) in [5, 5.41) is 7.43. The molecule has 1 unspecified atom stereocenters. The number of nitrogens with one attached hydrogen (secondary N) is 1. The molecule has 4 aromatic rings. The number of nitrogens with zero attached hydrogens (tertiary/aromatic N) is 3. The van der Waals surface area contributed by atoms with Gasteiger partial charge in [0.2, 0.25) is 23.4 Å². The predicted molar refractivity (Wildman–Crippen MR) is 262 cm³/mol. The van der Waals surface area contributed by atoms with Gasteiger partial charge in [0.25, 0.3) is 10.1 Å². The van der Waals surface area contributed by atoms with Crippen LogP contribution in [0.2, 0.25) is 0 Å². The number of unbranched alkanes of at least 4 members (excludes halogenated alkanes) is 3. The summed E-state index contributed by atoms with van der Waals surface area (Å²) in [5.41, 5.74) is 6.69. The number of carbonyl (C=O) groups excluding carboxylic acids is 3. The van der Waals surface area contributed by atoms with E-state index in [4.69, 9.17) is 0 Å². The highest BCUT2D eigenvalue weighted by atomic mass is 32.2. The lowest BCUT2D eigenvalue weighted by molar-refractivity contribution is -0.438. The van der Waals surface area contributed by atoms with Crippen LogP contribution in [0.3, 0.4) is 0 Å². The Labute approximate surface area is 382 Å². The van der Waals surface area contributed by atoms with Crippen LogP contribution in [0.25, 0.3) is 21.5 Å². The number of benzene rings is 4. The SMILES string of the molecule is CSC1CC(=O)N(CCNC(=O)CCCCC[N+]2=C(C=CC=CC=CC=C3N(CCCCS(=O)(=O)O)c4ccc5ccccc5c4C3(C)C)C(C)(C)c3c2ccc2ccccc32)C1=O. The van der Waals surface area contributed by atoms with E-state index >= 15 is 0 Å². The van der Waals surface area contributed by atoms with Crippen molar-refractivity contribution in [2.75, 3.05) is 43.1 Å². The Morgan fingerprint density at radius 3 is 2.17 bits per heavy atom. The van der Waals surface area contributed by atoms with Gasteiger partial charge < -0.3 is 10.2 Å². The molecule has 0 spiro atoms. The van der Waals surface area contributed by atoms with Crippen molar-refractivity contribution in [1.82, 2.24) is 10.2 Å². The summed E-state index contributed by atoms with van der Waals surface area (Å²) < 4.78 is 34.7. The van der Waals surface area contributed by atoms with Crippen LogP contribution in [-0.4, -0.2) is 89.3 Å². The lowest BCUT2D eigenvalue weighted by Crippen LogP contribution is -2.38. The van der Waals surface area contributed by atoms with Crippen molar-refractivity contribution in [2.24, 2.45) is 0 Å². The minimum atomic E-state index is -4.02. The Hall–Kier alpha value is -5.30. The topological polar surface area (TPSA) is 127 Å². The maximum absolute atomic E-state index is 12.7. The van der Waals surface area contributed by atoms with Crippen LogP contribution >= 0.6 is 11.8 Å². The fourth-order valence-corrected chi connectivity index (χ4v) is 11.0. The maximum atomic E-state index is 12.7. The number of imide groups is 1. The summed E-state index contributed by atoms with van der Waals surface area (Å²) in [7, 11) is -4.02. The van der Waals surface area contributed by atoms with Crippen LogP contribution in [0.15, 0.2) is 121 Å². The van der Waals surface area contributed by atoms with Crippen LogP contribution in [0.4, 0.5) is 11.4 Å². The highest BCUT2D eigenvalue weighted by molar-refractivity contribution is 8.00. The standard InChI is InChI=1S/C52H60N4O6S2/c1-51(2)44(24-10-7-6-8-11-25-45-52(3,4)49-40-23-16-14-21-38(40)28-30-42(49)55(45)33-18-19-35-64(60,61)62)54(41-29-27-37-20-13-15-22-39(37)48(41)51)32-17-9-12-26-46(57)53-31-34-56-47(58)36-43(63-5)50(56)59/h6-8,10-11,13-16,20-25,27-30,43H,9,12,17-19,26,31-36H2,1-5H3,(H-,53,57,60,61,62)/p+1. The molecule has 0 aliphatic carbocycles. The fourth-order valence-electron chi connectivity index (χ4n) is 9.79. The van der Waals surface area contributed by atoms with Crippen LogP contribution in [0.1, 0.15) is 83.8 Å². The van der Waals surface area contributed by atoms with Crippen molar-refractivity contribution < 1.29 is 31.9 Å². The lowest BCUT2D eigenvalue weighted by atomic mass is 9.79. The number of amides is 3. The maximum Gasteiger partial charge on any atom is 0.264 e. The van der Waals surface area contributed by atoms with Crippen molar-refractivity contribution in [3.63, 3.8) is 0 Å². The molecule has 0 radical (unpaired) electrons. The third kappa shape index (κ3) is 9.99. The summed E-state index contributed by atoms with van der Waals surface area (Å²) in [6.07, 6.45) is 20.7. The number of carbonyl (C=O) groups is 3. The third-order valence-electron chi connectivity index (χ3n) is 12.9. The van der Waals surface area contributed by atoms with Gasteiger partial charge in [0.05, 0.1) is 16.4 Å². The largest absolute Gasteiger partial charge is 0.354 e. The van der Waals surface area contributed by atoms with Gasteiger partial charge in [-0.25, -0.2) is 0 Å². The van der Waals surface area contributed by atoms with E-state index in [0.29, 0.717) is 25.8 Å². The molecule has 3 aliphatic rings. The third-order valence-corrected chi connectivity index (χ3v) is 14.7. The second-order valence-corrected chi connectivity index (χ2v) is 20.6. The zero-order valence-electron chi connectivity index (χ0n) is 37.7. The Balaban J connectivity index is 1.03. The number of fused-ring (bicyclic) bond motifs is 6. The minimum absolute atomic E-state index is 0.0661. The minimum Gasteiger partial charge on any atom is -0.354 e. The molecule has 64 heavy (non-hydrogen) atoms. The quantitative estimate of drug-likeness (QED) is 0.0314. The highest BCUT2D eigenvalue weighted by Gasteiger charge is 2.45. The van der Waals surface area contributed by atoms with E-state index in [1.54, 1.807) is 0 Å². The van der Waals surface area contributed by atoms with Crippen molar-refractivity contribution >= 4 is 78.2 Å². The molecular weight excluding hydrogens is 841 g/mol. The second kappa shape index (κ2) is 19.8. The molecule has 4 aromatic carbocycles. The monoisotopic (exact) mass is 901 g/mol. The Morgan fingerprint density at radius 2 is 1.47 bits per heavy atom. The molecule has 0 aromatic heterocycles. The van der Waals surface area contributed by atoms with E-state index in [2.05, 4.69) is 146 Å². The van der Waals surface area contributed by atoms with Crippen molar-refractivity contribution in [3.05, 3.63) is 132 Å². The predicted octanol–water partition coefficient (Wildman–Crippen LogP) is 9.55. The van der Waals surface area contributed by atoms with Gasteiger partial charge in [-0.1, -0.05) is 98.8 Å². The molecule has 3 heterocycles. The smallest absolute Gasteiger partial charge is 0.264 e. The van der Waals surface area contributed by atoms with E-state index in [0.717, 1.165) is 37.2 Å². The molecule has 7 rings (SSSR count). The second-order valence-electron chi connectivity index (χ2n) is 17.9. The van der Waals surface area contributed by atoms with Crippen molar-refractivity contribution in [2.45, 2.75) is 88.7 Å². The zero-order valence-corrected chi connectivity index (χ0v) is 39.3. The Bertz CT molecular complexity index is 2710. The van der Waals surface area contributed by atoms with Crippen LogP contribution in [-0.2, 0) is 35.3 Å². The average Bonchev–Trinajstić information content (AvgIpc) is 3.76. The van der Waals surface area contributed by atoms with Crippen LogP contribution < -0.4 is 10.2 Å². The first kappa shape index (κ1) is 46.7. The van der Waals surface area contributed by atoms with Crippen molar-refractivity contribution in [3.8, 4) is 0 Å². The van der Waals surface area contributed by atoms with Gasteiger partial charge in [-0.05, 0) is 91.1 Å². The number of allylic oxidation sites excluding steroid dienone is 8. The number of hydrogen-bond acceptors (Lipinski definition) is 7. The van der Waals surface area contributed by atoms with Crippen LogP contribution in [0.5, 0.6) is 0 Å². The highest BCUT2D eigenvalue weighted by Crippen LogP contribution is 2.51.